The lowest BCUT2D eigenvalue weighted by atomic mass is 9.77. The van der Waals surface area contributed by atoms with Gasteiger partial charge in [0.1, 0.15) is 0 Å². The fourth-order valence-corrected chi connectivity index (χ4v) is 4.14. The van der Waals surface area contributed by atoms with E-state index >= 15 is 0 Å². The highest BCUT2D eigenvalue weighted by Crippen LogP contribution is 2.38. The van der Waals surface area contributed by atoms with Gasteiger partial charge in [-0.3, -0.25) is 0 Å². The molecule has 3 nitrogen and oxygen atoms in total. The van der Waals surface area contributed by atoms with Crippen molar-refractivity contribution in [2.24, 2.45) is 5.92 Å². The molecule has 1 saturated carbocycles. The number of hydrogen-bond acceptors (Lipinski definition) is 3. The summed E-state index contributed by atoms with van der Waals surface area (Å²) >= 11 is 0. The van der Waals surface area contributed by atoms with Crippen molar-refractivity contribution in [3.05, 3.63) is 60.2 Å². The maximum atomic E-state index is 5.47. The molecule has 1 aliphatic rings. The highest BCUT2D eigenvalue weighted by Gasteiger charge is 2.22. The minimum absolute atomic E-state index is 0.585. The van der Waals surface area contributed by atoms with Crippen LogP contribution in [-0.4, -0.2) is 10.1 Å². The van der Waals surface area contributed by atoms with Crippen LogP contribution in [0.3, 0.4) is 0 Å². The average molecular weight is 346 g/mol. The molecule has 4 rings (SSSR count). The van der Waals surface area contributed by atoms with Gasteiger partial charge in [0.05, 0.1) is 0 Å². The standard InChI is InChI=1S/C23H26N2O/c1-2-6-17-9-11-18(12-10-17)19-13-15-21(16-14-19)23-24-22(25-26-23)20-7-4-3-5-8-20/h3-5,7-8,13-18H,2,6,9-12H2,1H3. The van der Waals surface area contributed by atoms with Crippen molar-refractivity contribution in [1.82, 2.24) is 10.1 Å². The van der Waals surface area contributed by atoms with Gasteiger partial charge in [-0.2, -0.15) is 4.98 Å². The second kappa shape index (κ2) is 7.86. The fraction of sp³-hybridized carbons (Fsp3) is 0.391. The minimum atomic E-state index is 0.585. The van der Waals surface area contributed by atoms with Gasteiger partial charge in [-0.05, 0) is 55.2 Å². The Kier molecular flexibility index (Phi) is 5.14. The molecule has 3 aromatic rings. The van der Waals surface area contributed by atoms with Crippen LogP contribution in [0.4, 0.5) is 0 Å². The molecule has 1 aliphatic carbocycles. The maximum Gasteiger partial charge on any atom is 0.258 e. The van der Waals surface area contributed by atoms with Gasteiger partial charge in [0.15, 0.2) is 0 Å². The quantitative estimate of drug-likeness (QED) is 0.531. The van der Waals surface area contributed by atoms with Gasteiger partial charge in [-0.1, -0.05) is 67.4 Å². The van der Waals surface area contributed by atoms with E-state index < -0.39 is 0 Å². The molecule has 0 saturated heterocycles. The van der Waals surface area contributed by atoms with E-state index in [0.717, 1.165) is 17.0 Å². The first kappa shape index (κ1) is 17.0. The van der Waals surface area contributed by atoms with Gasteiger partial charge in [0.25, 0.3) is 5.89 Å². The highest BCUT2D eigenvalue weighted by atomic mass is 16.5. The molecule has 0 radical (unpaired) electrons. The normalized spacial score (nSPS) is 20.2. The van der Waals surface area contributed by atoms with Crippen molar-refractivity contribution >= 4 is 0 Å². The van der Waals surface area contributed by atoms with Gasteiger partial charge < -0.3 is 4.52 Å². The third-order valence-corrected chi connectivity index (χ3v) is 5.63. The van der Waals surface area contributed by atoms with Crippen LogP contribution in [-0.2, 0) is 0 Å². The zero-order valence-corrected chi connectivity index (χ0v) is 15.4. The van der Waals surface area contributed by atoms with Gasteiger partial charge >= 0.3 is 0 Å². The zero-order chi connectivity index (χ0) is 17.8. The third kappa shape index (κ3) is 3.72. The summed E-state index contributed by atoms with van der Waals surface area (Å²) in [7, 11) is 0. The van der Waals surface area contributed by atoms with Crippen molar-refractivity contribution in [2.45, 2.75) is 51.4 Å². The van der Waals surface area contributed by atoms with Gasteiger partial charge in [0, 0.05) is 11.1 Å². The first-order valence-electron chi connectivity index (χ1n) is 9.83. The Hall–Kier alpha value is -2.42. The van der Waals surface area contributed by atoms with E-state index in [0.29, 0.717) is 17.6 Å². The topological polar surface area (TPSA) is 38.9 Å². The summed E-state index contributed by atoms with van der Waals surface area (Å²) in [6.07, 6.45) is 8.12. The first-order valence-corrected chi connectivity index (χ1v) is 9.83. The Balaban J connectivity index is 1.45. The van der Waals surface area contributed by atoms with Crippen molar-refractivity contribution in [3.63, 3.8) is 0 Å². The number of nitrogens with zero attached hydrogens (tertiary/aromatic N) is 2. The summed E-state index contributed by atoms with van der Waals surface area (Å²) in [5, 5.41) is 4.11. The minimum Gasteiger partial charge on any atom is -0.334 e. The second-order valence-corrected chi connectivity index (χ2v) is 7.42. The van der Waals surface area contributed by atoms with Crippen molar-refractivity contribution in [3.8, 4) is 22.8 Å². The van der Waals surface area contributed by atoms with Crippen molar-refractivity contribution in [2.75, 3.05) is 0 Å². The van der Waals surface area contributed by atoms with E-state index in [2.05, 4.69) is 41.3 Å². The van der Waals surface area contributed by atoms with Gasteiger partial charge in [0.2, 0.25) is 5.82 Å². The zero-order valence-electron chi connectivity index (χ0n) is 15.4. The molecule has 0 atom stereocenters. The summed E-state index contributed by atoms with van der Waals surface area (Å²) in [6, 6.07) is 18.7. The Morgan fingerprint density at radius 2 is 1.62 bits per heavy atom. The third-order valence-electron chi connectivity index (χ3n) is 5.63. The number of aromatic nitrogens is 2. The molecule has 0 spiro atoms. The summed E-state index contributed by atoms with van der Waals surface area (Å²) in [5.41, 5.74) is 3.41. The molecule has 0 unspecified atom stereocenters. The Labute approximate surface area is 155 Å². The molecule has 3 heteroatoms. The van der Waals surface area contributed by atoms with Crippen LogP contribution < -0.4 is 0 Å². The molecule has 0 N–H and O–H groups in total. The summed E-state index contributed by atoms with van der Waals surface area (Å²) < 4.78 is 5.47. The fourth-order valence-electron chi connectivity index (χ4n) is 4.14. The average Bonchev–Trinajstić information content (AvgIpc) is 3.20. The Bertz CT molecular complexity index is 815. The van der Waals surface area contributed by atoms with Crippen molar-refractivity contribution < 1.29 is 4.52 Å². The number of rotatable bonds is 5. The molecule has 0 aliphatic heterocycles. The van der Waals surface area contributed by atoms with E-state index in [1.807, 2.05) is 30.3 Å². The second-order valence-electron chi connectivity index (χ2n) is 7.42. The van der Waals surface area contributed by atoms with E-state index in [-0.39, 0.29) is 0 Å². The summed E-state index contributed by atoms with van der Waals surface area (Å²) in [6.45, 7) is 2.30. The first-order chi connectivity index (χ1) is 12.8. The molecule has 1 aromatic heterocycles. The molecule has 26 heavy (non-hydrogen) atoms. The summed E-state index contributed by atoms with van der Waals surface area (Å²) in [5.74, 6) is 2.88. The van der Waals surface area contributed by atoms with Crippen LogP contribution in [0.2, 0.25) is 0 Å². The van der Waals surface area contributed by atoms with E-state index in [1.165, 1.54) is 44.1 Å². The maximum absolute atomic E-state index is 5.47. The predicted molar refractivity (Wildman–Crippen MR) is 105 cm³/mol. The van der Waals surface area contributed by atoms with Gasteiger partial charge in [-0.15, -0.1) is 0 Å². The molecule has 1 fully saturated rings. The van der Waals surface area contributed by atoms with Crippen molar-refractivity contribution in [1.29, 1.82) is 0 Å². The summed E-state index contributed by atoms with van der Waals surface area (Å²) in [4.78, 5) is 4.55. The monoisotopic (exact) mass is 346 g/mol. The largest absolute Gasteiger partial charge is 0.334 e. The lowest BCUT2D eigenvalue weighted by Crippen LogP contribution is -2.13. The van der Waals surface area contributed by atoms with Crippen LogP contribution in [0.15, 0.2) is 59.1 Å². The number of hydrogen-bond donors (Lipinski definition) is 0. The lowest BCUT2D eigenvalue weighted by Gasteiger charge is -2.28. The molecule has 2 aromatic carbocycles. The lowest BCUT2D eigenvalue weighted by molar-refractivity contribution is 0.308. The van der Waals surface area contributed by atoms with Crippen LogP contribution in [0.5, 0.6) is 0 Å². The molecule has 134 valence electrons. The van der Waals surface area contributed by atoms with E-state index in [9.17, 15) is 0 Å². The predicted octanol–water partition coefficient (Wildman–Crippen LogP) is 6.48. The molecule has 1 heterocycles. The van der Waals surface area contributed by atoms with E-state index in [4.69, 9.17) is 4.52 Å². The Morgan fingerprint density at radius 3 is 2.31 bits per heavy atom. The van der Waals surface area contributed by atoms with Crippen LogP contribution in [0, 0.1) is 5.92 Å². The van der Waals surface area contributed by atoms with Gasteiger partial charge in [-0.25, -0.2) is 0 Å². The van der Waals surface area contributed by atoms with E-state index in [1.54, 1.807) is 0 Å². The molecule has 0 bridgehead atoms. The van der Waals surface area contributed by atoms with Crippen LogP contribution in [0.1, 0.15) is 56.9 Å². The van der Waals surface area contributed by atoms with Crippen LogP contribution in [0.25, 0.3) is 22.8 Å². The Morgan fingerprint density at radius 1 is 0.885 bits per heavy atom. The highest BCUT2D eigenvalue weighted by molar-refractivity contribution is 5.59. The number of benzene rings is 2. The molecular weight excluding hydrogens is 320 g/mol. The molecular formula is C23H26N2O. The SMILES string of the molecule is CCCC1CCC(c2ccc(-c3nc(-c4ccccc4)no3)cc2)CC1. The van der Waals surface area contributed by atoms with Crippen LogP contribution >= 0.6 is 0 Å². The molecule has 0 amide bonds. The smallest absolute Gasteiger partial charge is 0.258 e.